The normalized spacial score (nSPS) is 12.3. The summed E-state index contributed by atoms with van der Waals surface area (Å²) in [5.41, 5.74) is 0. The number of carbonyl (C=O) groups is 1. The maximum Gasteiger partial charge on any atom is 0.158 e. The molecular weight excluding hydrogens is 388 g/mol. The molecule has 0 rings (SSSR count). The summed E-state index contributed by atoms with van der Waals surface area (Å²) in [5.74, 6) is 0.143. The summed E-state index contributed by atoms with van der Waals surface area (Å²) in [4.78, 5) is 11.1. The van der Waals surface area contributed by atoms with Crippen LogP contribution in [0.3, 0.4) is 0 Å². The van der Waals surface area contributed by atoms with Crippen LogP contribution in [0.15, 0.2) is 0 Å². The highest BCUT2D eigenvalue weighted by Gasteiger charge is 2.10. The molecule has 0 bridgehead atoms. The van der Waals surface area contributed by atoms with Gasteiger partial charge in [-0.25, -0.2) is 8.42 Å². The third-order valence-corrected chi connectivity index (χ3v) is 5.44. The fraction of sp³-hybridized carbons (Fsp3) is 0.947. The maximum absolute atomic E-state index is 11.1. The minimum absolute atomic E-state index is 0.143. The van der Waals surface area contributed by atoms with Crippen LogP contribution < -0.4 is 0 Å². The van der Waals surface area contributed by atoms with Gasteiger partial charge in [-0.05, 0) is 19.8 Å². The first-order chi connectivity index (χ1) is 13.3. The average Bonchev–Trinajstić information content (AvgIpc) is 2.64. The summed E-state index contributed by atoms with van der Waals surface area (Å²) in [5, 5.41) is -0.178. The average molecular weight is 429 g/mol. The number of Topliss-reactive ketones (excluding diaryl/α,β-unsaturated/α-hetero) is 1. The zero-order valence-electron chi connectivity index (χ0n) is 18.2. The number of ketones is 1. The maximum atomic E-state index is 11.1. The summed E-state index contributed by atoms with van der Waals surface area (Å²) < 4.78 is 47.0. The summed E-state index contributed by atoms with van der Waals surface area (Å²) in [6.45, 7) is 10.0. The smallest absolute Gasteiger partial charge is 0.158 e. The molecule has 0 amide bonds. The first-order valence-corrected chi connectivity index (χ1v) is 11.7. The van der Waals surface area contributed by atoms with Crippen molar-refractivity contribution in [3.05, 3.63) is 0 Å². The van der Waals surface area contributed by atoms with Crippen LogP contribution >= 0.6 is 0 Å². The largest absolute Gasteiger partial charge is 0.382 e. The van der Waals surface area contributed by atoms with Crippen molar-refractivity contribution in [2.24, 2.45) is 0 Å². The Bertz CT molecular complexity index is 439. The molecule has 0 radical (unpaired) electrons. The Morgan fingerprint density at radius 1 is 0.821 bits per heavy atom. The Balaban J connectivity index is 0. The number of hydrogen-bond donors (Lipinski definition) is 0. The lowest BCUT2D eigenvalue weighted by Gasteiger charge is -2.07. The third-order valence-electron chi connectivity index (χ3n) is 3.65. The van der Waals surface area contributed by atoms with Crippen LogP contribution in [-0.2, 0) is 38.3 Å². The number of carbonyl (C=O) groups excluding carboxylic acids is 1. The summed E-state index contributed by atoms with van der Waals surface area (Å²) in [6, 6.07) is 0. The fourth-order valence-electron chi connectivity index (χ4n) is 1.64. The highest BCUT2D eigenvalue weighted by molar-refractivity contribution is 7.91. The van der Waals surface area contributed by atoms with E-state index in [4.69, 9.17) is 23.7 Å². The van der Waals surface area contributed by atoms with E-state index in [1.165, 1.54) is 6.26 Å². The molecule has 170 valence electrons. The Kier molecular flexibility index (Phi) is 22.4. The van der Waals surface area contributed by atoms with E-state index in [1.54, 1.807) is 14.0 Å². The summed E-state index contributed by atoms with van der Waals surface area (Å²) >= 11 is 0. The van der Waals surface area contributed by atoms with Crippen LogP contribution in [0.25, 0.3) is 0 Å². The Morgan fingerprint density at radius 3 is 1.57 bits per heavy atom. The van der Waals surface area contributed by atoms with Gasteiger partial charge in [-0.15, -0.1) is 0 Å². The molecule has 0 aromatic heterocycles. The van der Waals surface area contributed by atoms with Crippen molar-refractivity contribution in [2.75, 3.05) is 72.8 Å². The molecule has 0 aliphatic heterocycles. The molecule has 0 aromatic carbocycles. The second-order valence-corrected chi connectivity index (χ2v) is 8.68. The Hall–Kier alpha value is -0.580. The monoisotopic (exact) mass is 428 g/mol. The number of rotatable bonds is 18. The molecule has 0 heterocycles. The van der Waals surface area contributed by atoms with Crippen LogP contribution in [0.1, 0.15) is 40.0 Å². The minimum atomic E-state index is -2.75. The van der Waals surface area contributed by atoms with Crippen LogP contribution in [0, 0.1) is 0 Å². The van der Waals surface area contributed by atoms with Gasteiger partial charge in [-0.3, -0.25) is 4.79 Å². The zero-order chi connectivity index (χ0) is 21.7. The summed E-state index contributed by atoms with van der Waals surface area (Å²) in [7, 11) is -1.11. The zero-order valence-corrected chi connectivity index (χ0v) is 19.1. The van der Waals surface area contributed by atoms with Gasteiger partial charge in [-0.1, -0.05) is 13.8 Å². The lowest BCUT2D eigenvalue weighted by Crippen LogP contribution is -2.14. The number of sulfone groups is 1. The van der Waals surface area contributed by atoms with Crippen molar-refractivity contribution < 1.29 is 36.9 Å². The highest BCUT2D eigenvalue weighted by Crippen LogP contribution is 2.00. The molecule has 0 aliphatic rings. The second-order valence-electron chi connectivity index (χ2n) is 6.22. The quantitative estimate of drug-likeness (QED) is 0.305. The van der Waals surface area contributed by atoms with Gasteiger partial charge in [0, 0.05) is 19.8 Å². The van der Waals surface area contributed by atoms with E-state index in [9.17, 15) is 13.2 Å². The van der Waals surface area contributed by atoms with Gasteiger partial charge < -0.3 is 23.7 Å². The topological polar surface area (TPSA) is 97.4 Å². The summed E-state index contributed by atoms with van der Waals surface area (Å²) in [6.07, 6.45) is 3.42. The van der Waals surface area contributed by atoms with Gasteiger partial charge in [0.05, 0.1) is 58.1 Å². The standard InChI is InChI=1S/C14H28O6.C5H12O2S/c1-3-4-14(15)13-20-12-11-19-10-9-18-8-7-17-6-5-16-2;1-4-5(2)8(3,6)7/h3-13H2,1-2H3;5H,4H2,1-3H3. The van der Waals surface area contributed by atoms with Gasteiger partial charge in [0.25, 0.3) is 0 Å². The van der Waals surface area contributed by atoms with Crippen molar-refractivity contribution in [2.45, 2.75) is 45.3 Å². The number of methoxy groups -OCH3 is 1. The molecule has 28 heavy (non-hydrogen) atoms. The predicted octanol–water partition coefficient (Wildman–Crippen LogP) is 1.90. The van der Waals surface area contributed by atoms with Crippen molar-refractivity contribution in [1.29, 1.82) is 0 Å². The van der Waals surface area contributed by atoms with Crippen molar-refractivity contribution in [3.63, 3.8) is 0 Å². The molecule has 0 N–H and O–H groups in total. The first-order valence-electron chi connectivity index (χ1n) is 9.79. The first kappa shape index (κ1) is 29.6. The molecule has 1 unspecified atom stereocenters. The second kappa shape index (κ2) is 21.1. The van der Waals surface area contributed by atoms with Gasteiger partial charge >= 0.3 is 0 Å². The molecule has 0 aliphatic carbocycles. The Morgan fingerprint density at radius 2 is 1.25 bits per heavy atom. The minimum Gasteiger partial charge on any atom is -0.382 e. The molecule has 0 fully saturated rings. The molecule has 0 saturated heterocycles. The van der Waals surface area contributed by atoms with Crippen LogP contribution in [0.2, 0.25) is 0 Å². The van der Waals surface area contributed by atoms with Gasteiger partial charge in [0.15, 0.2) is 5.78 Å². The van der Waals surface area contributed by atoms with Crippen LogP contribution in [-0.4, -0.2) is 92.3 Å². The fourth-order valence-corrected chi connectivity index (χ4v) is 2.25. The van der Waals surface area contributed by atoms with Crippen LogP contribution in [0.5, 0.6) is 0 Å². The molecule has 0 aromatic rings. The highest BCUT2D eigenvalue weighted by atomic mass is 32.2. The van der Waals surface area contributed by atoms with E-state index < -0.39 is 9.84 Å². The molecule has 1 atom stereocenters. The van der Waals surface area contributed by atoms with E-state index in [0.29, 0.717) is 65.7 Å². The number of ether oxygens (including phenoxy) is 5. The predicted molar refractivity (Wildman–Crippen MR) is 110 cm³/mol. The molecule has 8 nitrogen and oxygen atoms in total. The van der Waals surface area contributed by atoms with Crippen molar-refractivity contribution in [1.82, 2.24) is 0 Å². The third kappa shape index (κ3) is 23.5. The van der Waals surface area contributed by atoms with E-state index in [1.807, 2.05) is 13.8 Å². The van der Waals surface area contributed by atoms with Gasteiger partial charge in [0.1, 0.15) is 16.4 Å². The van der Waals surface area contributed by atoms with E-state index in [2.05, 4.69) is 0 Å². The lowest BCUT2D eigenvalue weighted by atomic mass is 10.2. The molecule has 9 heteroatoms. The molecule has 0 saturated carbocycles. The van der Waals surface area contributed by atoms with E-state index in [0.717, 1.165) is 6.42 Å². The van der Waals surface area contributed by atoms with Gasteiger partial charge in [0.2, 0.25) is 0 Å². The SMILES string of the molecule is CCC(C)S(C)(=O)=O.CCCC(=O)COCCOCCOCCOCCOC. The molecule has 0 spiro atoms. The van der Waals surface area contributed by atoms with E-state index in [-0.39, 0.29) is 17.6 Å². The van der Waals surface area contributed by atoms with Crippen molar-refractivity contribution in [3.8, 4) is 0 Å². The Labute approximate surface area is 171 Å². The van der Waals surface area contributed by atoms with Gasteiger partial charge in [-0.2, -0.15) is 0 Å². The van der Waals surface area contributed by atoms with E-state index >= 15 is 0 Å². The lowest BCUT2D eigenvalue weighted by molar-refractivity contribution is -0.124. The number of hydrogen-bond acceptors (Lipinski definition) is 8. The van der Waals surface area contributed by atoms with Crippen LogP contribution in [0.4, 0.5) is 0 Å². The van der Waals surface area contributed by atoms with Crippen molar-refractivity contribution >= 4 is 15.6 Å². The molecular formula is C19H40O8S.